The molecule has 0 amide bonds. The molecular formula is C16H23F2N. The van der Waals surface area contributed by atoms with Crippen molar-refractivity contribution in [2.24, 2.45) is 5.92 Å². The zero-order chi connectivity index (χ0) is 14.1. The van der Waals surface area contributed by atoms with Crippen molar-refractivity contribution in [3.05, 3.63) is 35.9 Å². The van der Waals surface area contributed by atoms with E-state index >= 15 is 0 Å². The van der Waals surface area contributed by atoms with Gasteiger partial charge in [0.25, 0.3) is 5.92 Å². The van der Waals surface area contributed by atoms with Gasteiger partial charge >= 0.3 is 0 Å². The van der Waals surface area contributed by atoms with Gasteiger partial charge in [0.1, 0.15) is 0 Å². The van der Waals surface area contributed by atoms with E-state index in [9.17, 15) is 8.78 Å². The lowest BCUT2D eigenvalue weighted by molar-refractivity contribution is -0.119. The number of hydrogen-bond donors (Lipinski definition) is 0. The van der Waals surface area contributed by atoms with Crippen LogP contribution in [-0.2, 0) is 6.42 Å². The summed E-state index contributed by atoms with van der Waals surface area (Å²) in [4.78, 5) is 2.18. The lowest BCUT2D eigenvalue weighted by atomic mass is 9.85. The van der Waals surface area contributed by atoms with Gasteiger partial charge in [0.15, 0.2) is 0 Å². The molecule has 0 bridgehead atoms. The summed E-state index contributed by atoms with van der Waals surface area (Å²) in [6, 6.07) is 9.62. The molecular weight excluding hydrogens is 244 g/mol. The maximum Gasteiger partial charge on any atom is 0.253 e. The van der Waals surface area contributed by atoms with Gasteiger partial charge in [-0.15, -0.1) is 0 Å². The Morgan fingerprint density at radius 2 is 1.84 bits per heavy atom. The van der Waals surface area contributed by atoms with E-state index in [1.807, 2.05) is 30.3 Å². The summed E-state index contributed by atoms with van der Waals surface area (Å²) in [5.41, 5.74) is 0.966. The number of alkyl halides is 2. The van der Waals surface area contributed by atoms with Crippen molar-refractivity contribution >= 4 is 0 Å². The first-order valence-corrected chi connectivity index (χ1v) is 6.96. The average molecular weight is 267 g/mol. The van der Waals surface area contributed by atoms with Gasteiger partial charge in [0.2, 0.25) is 0 Å². The molecule has 1 unspecified atom stereocenters. The molecule has 1 fully saturated rings. The van der Waals surface area contributed by atoms with Crippen molar-refractivity contribution in [2.45, 2.75) is 45.1 Å². The highest BCUT2D eigenvalue weighted by Gasteiger charge is 2.45. The fourth-order valence-corrected chi connectivity index (χ4v) is 2.70. The third-order valence-corrected chi connectivity index (χ3v) is 4.03. The van der Waals surface area contributed by atoms with E-state index in [0.29, 0.717) is 19.5 Å². The third kappa shape index (κ3) is 3.53. The molecule has 1 aromatic carbocycles. The summed E-state index contributed by atoms with van der Waals surface area (Å²) in [7, 11) is 0. The second-order valence-corrected chi connectivity index (χ2v) is 6.51. The number of benzene rings is 1. The molecule has 1 nitrogen and oxygen atoms in total. The first-order valence-electron chi connectivity index (χ1n) is 6.96. The second kappa shape index (κ2) is 5.20. The Hall–Kier alpha value is -0.960. The maximum absolute atomic E-state index is 14.1. The van der Waals surface area contributed by atoms with Crippen molar-refractivity contribution in [3.63, 3.8) is 0 Å². The molecule has 0 spiro atoms. The van der Waals surface area contributed by atoms with Crippen LogP contribution in [-0.4, -0.2) is 29.5 Å². The van der Waals surface area contributed by atoms with Gasteiger partial charge < -0.3 is 0 Å². The van der Waals surface area contributed by atoms with Crippen LogP contribution in [0.5, 0.6) is 0 Å². The molecule has 19 heavy (non-hydrogen) atoms. The Labute approximate surface area is 114 Å². The number of piperidine rings is 1. The number of nitrogens with zero attached hydrogens (tertiary/aromatic N) is 1. The molecule has 1 aliphatic heterocycles. The van der Waals surface area contributed by atoms with Gasteiger partial charge in [-0.2, -0.15) is 0 Å². The highest BCUT2D eigenvalue weighted by atomic mass is 19.3. The van der Waals surface area contributed by atoms with Gasteiger partial charge in [-0.05, 0) is 32.8 Å². The van der Waals surface area contributed by atoms with Crippen LogP contribution in [0.4, 0.5) is 8.78 Å². The molecule has 1 heterocycles. The molecule has 0 saturated carbocycles. The van der Waals surface area contributed by atoms with Crippen LogP contribution >= 0.6 is 0 Å². The lowest BCUT2D eigenvalue weighted by Gasteiger charge is -2.45. The van der Waals surface area contributed by atoms with Crippen LogP contribution in [0.15, 0.2) is 30.3 Å². The minimum Gasteiger partial charge on any atom is -0.298 e. The normalized spacial score (nSPS) is 24.4. The minimum absolute atomic E-state index is 0.0260. The summed E-state index contributed by atoms with van der Waals surface area (Å²) in [6.45, 7) is 7.25. The fraction of sp³-hybridized carbons (Fsp3) is 0.625. The topological polar surface area (TPSA) is 3.24 Å². The molecule has 0 radical (unpaired) electrons. The zero-order valence-corrected chi connectivity index (χ0v) is 12.0. The second-order valence-electron chi connectivity index (χ2n) is 6.51. The Balaban J connectivity index is 2.11. The molecule has 0 N–H and O–H groups in total. The molecule has 106 valence electrons. The molecule has 1 atom stereocenters. The van der Waals surface area contributed by atoms with Crippen molar-refractivity contribution in [3.8, 4) is 0 Å². The predicted octanol–water partition coefficient (Wildman–Crippen LogP) is 3.98. The van der Waals surface area contributed by atoms with Crippen molar-refractivity contribution in [1.82, 2.24) is 4.90 Å². The molecule has 0 aliphatic carbocycles. The first-order chi connectivity index (χ1) is 8.79. The van der Waals surface area contributed by atoms with Gasteiger partial charge in [-0.25, -0.2) is 8.78 Å². The summed E-state index contributed by atoms with van der Waals surface area (Å²) >= 11 is 0. The Kier molecular flexibility index (Phi) is 3.95. The first kappa shape index (κ1) is 14.4. The van der Waals surface area contributed by atoms with E-state index in [0.717, 1.165) is 5.56 Å². The highest BCUT2D eigenvalue weighted by molar-refractivity contribution is 5.16. The standard InChI is InChI=1S/C16H23F2N/c1-15(2,3)19-10-9-16(17,18)14(12-19)11-13-7-5-4-6-8-13/h4-8,14H,9-12H2,1-3H3. The minimum atomic E-state index is -2.54. The maximum atomic E-state index is 14.1. The van der Waals surface area contributed by atoms with Crippen LogP contribution in [0.1, 0.15) is 32.8 Å². The van der Waals surface area contributed by atoms with E-state index in [1.54, 1.807) is 0 Å². The number of hydrogen-bond acceptors (Lipinski definition) is 1. The zero-order valence-electron chi connectivity index (χ0n) is 12.0. The van der Waals surface area contributed by atoms with E-state index in [-0.39, 0.29) is 12.0 Å². The summed E-state index contributed by atoms with van der Waals surface area (Å²) in [5, 5.41) is 0. The smallest absolute Gasteiger partial charge is 0.253 e. The van der Waals surface area contributed by atoms with Gasteiger partial charge in [0, 0.05) is 31.0 Å². The SMILES string of the molecule is CC(C)(C)N1CCC(F)(F)C(Cc2ccccc2)C1. The van der Waals surface area contributed by atoms with Crippen LogP contribution in [0.25, 0.3) is 0 Å². The van der Waals surface area contributed by atoms with Crippen LogP contribution in [0.3, 0.4) is 0 Å². The average Bonchev–Trinajstić information content (AvgIpc) is 2.31. The van der Waals surface area contributed by atoms with E-state index in [2.05, 4.69) is 25.7 Å². The monoisotopic (exact) mass is 267 g/mol. The van der Waals surface area contributed by atoms with Gasteiger partial charge in [0.05, 0.1) is 0 Å². The van der Waals surface area contributed by atoms with E-state index in [4.69, 9.17) is 0 Å². The summed E-state index contributed by atoms with van der Waals surface area (Å²) < 4.78 is 28.2. The van der Waals surface area contributed by atoms with Crippen LogP contribution in [0.2, 0.25) is 0 Å². The largest absolute Gasteiger partial charge is 0.298 e. The molecule has 2 rings (SSSR count). The third-order valence-electron chi connectivity index (χ3n) is 4.03. The van der Waals surface area contributed by atoms with Crippen molar-refractivity contribution in [1.29, 1.82) is 0 Å². The Bertz CT molecular complexity index is 409. The molecule has 1 aliphatic rings. The van der Waals surface area contributed by atoms with Gasteiger partial charge in [-0.1, -0.05) is 30.3 Å². The quantitative estimate of drug-likeness (QED) is 0.783. The van der Waals surface area contributed by atoms with Crippen molar-refractivity contribution in [2.75, 3.05) is 13.1 Å². The summed E-state index contributed by atoms with van der Waals surface area (Å²) in [5.74, 6) is -3.12. The van der Waals surface area contributed by atoms with E-state index in [1.165, 1.54) is 0 Å². The Morgan fingerprint density at radius 1 is 1.21 bits per heavy atom. The number of halogens is 2. The molecule has 0 aromatic heterocycles. The predicted molar refractivity (Wildman–Crippen MR) is 74.5 cm³/mol. The van der Waals surface area contributed by atoms with Gasteiger partial charge in [-0.3, -0.25) is 4.90 Å². The van der Waals surface area contributed by atoms with Crippen LogP contribution in [0, 0.1) is 5.92 Å². The molecule has 1 saturated heterocycles. The fourth-order valence-electron chi connectivity index (χ4n) is 2.70. The number of rotatable bonds is 2. The summed E-state index contributed by atoms with van der Waals surface area (Å²) in [6.07, 6.45) is 0.433. The molecule has 1 aromatic rings. The molecule has 3 heteroatoms. The van der Waals surface area contributed by atoms with Crippen LogP contribution < -0.4 is 0 Å². The highest BCUT2D eigenvalue weighted by Crippen LogP contribution is 2.37. The van der Waals surface area contributed by atoms with Crippen molar-refractivity contribution < 1.29 is 8.78 Å². The Morgan fingerprint density at radius 3 is 2.42 bits per heavy atom. The number of likely N-dealkylation sites (tertiary alicyclic amines) is 1. The lowest BCUT2D eigenvalue weighted by Crippen LogP contribution is -2.54. The van der Waals surface area contributed by atoms with E-state index < -0.39 is 11.8 Å².